The van der Waals surface area contributed by atoms with Crippen LogP contribution in [0.4, 0.5) is 18.0 Å². The minimum Gasteiger partial charge on any atom is -0.481 e. The maximum atomic E-state index is 12.7. The summed E-state index contributed by atoms with van der Waals surface area (Å²) < 4.78 is 43.3. The van der Waals surface area contributed by atoms with Crippen molar-refractivity contribution in [2.45, 2.75) is 51.4 Å². The van der Waals surface area contributed by atoms with Gasteiger partial charge in [-0.3, -0.25) is 9.69 Å². The molecular formula is C14H23F3N2O4. The molecule has 0 radical (unpaired) electrons. The molecule has 0 aliphatic carbocycles. The molecule has 0 unspecified atom stereocenters. The summed E-state index contributed by atoms with van der Waals surface area (Å²) in [6.45, 7) is 5.20. The van der Waals surface area contributed by atoms with Crippen LogP contribution in [0.5, 0.6) is 0 Å². The standard InChI is InChI=1S/C14H23F3N2O4/c1-5-19(9-14(15,16)17)13(6-10(20)21)7-18(8-13)11(22)23-12(2,3)4/h5-9H2,1-4H3,(H,20,21). The Balaban J connectivity index is 2.84. The second kappa shape index (κ2) is 6.54. The van der Waals surface area contributed by atoms with Gasteiger partial charge in [0.05, 0.1) is 18.5 Å². The van der Waals surface area contributed by atoms with Crippen molar-refractivity contribution < 1.29 is 32.6 Å². The number of aliphatic carboxylic acids is 1. The fourth-order valence-electron chi connectivity index (χ4n) is 2.66. The SMILES string of the molecule is CCN(CC(F)(F)F)C1(CC(=O)O)CN(C(=O)OC(C)(C)C)C1. The number of carboxylic acid groups (broad SMARTS) is 1. The first-order chi connectivity index (χ1) is 10.3. The maximum Gasteiger partial charge on any atom is 0.410 e. The van der Waals surface area contributed by atoms with Crippen LogP contribution in [0, 0.1) is 0 Å². The number of ether oxygens (including phenoxy) is 1. The number of likely N-dealkylation sites (N-methyl/N-ethyl adjacent to an activating group) is 1. The van der Waals surface area contributed by atoms with Crippen molar-refractivity contribution in [3.63, 3.8) is 0 Å². The molecule has 1 fully saturated rings. The number of hydrogen-bond donors (Lipinski definition) is 1. The van der Waals surface area contributed by atoms with Gasteiger partial charge in [-0.25, -0.2) is 4.79 Å². The summed E-state index contributed by atoms with van der Waals surface area (Å²) in [4.78, 5) is 25.3. The second-order valence-electron chi connectivity index (χ2n) is 6.76. The lowest BCUT2D eigenvalue weighted by molar-refractivity contribution is -0.178. The monoisotopic (exact) mass is 340 g/mol. The van der Waals surface area contributed by atoms with Crippen LogP contribution in [0.15, 0.2) is 0 Å². The Morgan fingerprint density at radius 3 is 2.13 bits per heavy atom. The zero-order valence-corrected chi connectivity index (χ0v) is 13.7. The van der Waals surface area contributed by atoms with E-state index in [1.54, 1.807) is 20.8 Å². The third-order valence-corrected chi connectivity index (χ3v) is 3.53. The lowest BCUT2D eigenvalue weighted by Gasteiger charge is -2.54. The predicted octanol–water partition coefficient (Wildman–Crippen LogP) is 2.33. The number of carbonyl (C=O) groups excluding carboxylic acids is 1. The number of hydrogen-bond acceptors (Lipinski definition) is 4. The zero-order chi connectivity index (χ0) is 18.1. The molecule has 1 aliphatic rings. The Morgan fingerprint density at radius 2 is 1.78 bits per heavy atom. The molecule has 1 N–H and O–H groups in total. The smallest absolute Gasteiger partial charge is 0.410 e. The third kappa shape index (κ3) is 5.56. The molecule has 0 aromatic heterocycles. The average Bonchev–Trinajstić information content (AvgIpc) is 2.26. The van der Waals surface area contributed by atoms with Gasteiger partial charge in [0.1, 0.15) is 5.60 Å². The number of carboxylic acids is 1. The van der Waals surface area contributed by atoms with Crippen LogP contribution in [0.1, 0.15) is 34.1 Å². The number of amides is 1. The van der Waals surface area contributed by atoms with Crippen LogP contribution < -0.4 is 0 Å². The fraction of sp³-hybridized carbons (Fsp3) is 0.857. The number of alkyl halides is 3. The first-order valence-electron chi connectivity index (χ1n) is 7.29. The number of nitrogens with zero attached hydrogens (tertiary/aromatic N) is 2. The quantitative estimate of drug-likeness (QED) is 0.832. The molecule has 0 aromatic rings. The highest BCUT2D eigenvalue weighted by Gasteiger charge is 2.53. The summed E-state index contributed by atoms with van der Waals surface area (Å²) in [7, 11) is 0. The highest BCUT2D eigenvalue weighted by atomic mass is 19.4. The summed E-state index contributed by atoms with van der Waals surface area (Å²) in [6, 6.07) is 0. The van der Waals surface area contributed by atoms with Crippen molar-refractivity contribution in [2.75, 3.05) is 26.2 Å². The van der Waals surface area contributed by atoms with Crippen molar-refractivity contribution in [3.05, 3.63) is 0 Å². The normalized spacial score (nSPS) is 17.8. The molecule has 0 saturated carbocycles. The van der Waals surface area contributed by atoms with Gasteiger partial charge in [0, 0.05) is 13.1 Å². The van der Waals surface area contributed by atoms with Crippen LogP contribution in [-0.4, -0.2) is 70.5 Å². The van der Waals surface area contributed by atoms with E-state index in [1.165, 1.54) is 11.8 Å². The molecule has 0 bridgehead atoms. The summed E-state index contributed by atoms with van der Waals surface area (Å²) in [5.41, 5.74) is -1.94. The molecule has 1 saturated heterocycles. The predicted molar refractivity (Wildman–Crippen MR) is 76.1 cm³/mol. The molecule has 0 aromatic carbocycles. The van der Waals surface area contributed by atoms with E-state index in [-0.39, 0.29) is 19.6 Å². The molecule has 0 atom stereocenters. The molecule has 134 valence electrons. The van der Waals surface area contributed by atoms with E-state index >= 15 is 0 Å². The molecule has 6 nitrogen and oxygen atoms in total. The molecule has 9 heteroatoms. The molecular weight excluding hydrogens is 317 g/mol. The van der Waals surface area contributed by atoms with Gasteiger partial charge in [-0.05, 0) is 27.3 Å². The van der Waals surface area contributed by atoms with Crippen molar-refractivity contribution >= 4 is 12.1 Å². The summed E-state index contributed by atoms with van der Waals surface area (Å²) in [5.74, 6) is -1.20. The van der Waals surface area contributed by atoms with Crippen LogP contribution in [0.3, 0.4) is 0 Å². The molecule has 23 heavy (non-hydrogen) atoms. The Morgan fingerprint density at radius 1 is 1.26 bits per heavy atom. The van der Waals surface area contributed by atoms with Crippen LogP contribution in [-0.2, 0) is 9.53 Å². The highest BCUT2D eigenvalue weighted by molar-refractivity contribution is 5.73. The van der Waals surface area contributed by atoms with Gasteiger partial charge >= 0.3 is 18.2 Å². The largest absolute Gasteiger partial charge is 0.481 e. The molecule has 0 spiro atoms. The first kappa shape index (κ1) is 19.5. The number of likely N-dealkylation sites (tertiary alicyclic amines) is 1. The van der Waals surface area contributed by atoms with E-state index in [2.05, 4.69) is 0 Å². The van der Waals surface area contributed by atoms with Crippen LogP contribution >= 0.6 is 0 Å². The van der Waals surface area contributed by atoms with E-state index in [0.29, 0.717) is 0 Å². The van der Waals surface area contributed by atoms with Gasteiger partial charge in [-0.15, -0.1) is 0 Å². The van der Waals surface area contributed by atoms with E-state index < -0.39 is 42.3 Å². The van der Waals surface area contributed by atoms with Gasteiger partial charge in [-0.2, -0.15) is 13.2 Å². The minimum absolute atomic E-state index is 0.0367. The van der Waals surface area contributed by atoms with E-state index in [4.69, 9.17) is 9.84 Å². The lowest BCUT2D eigenvalue weighted by Crippen LogP contribution is -2.73. The Bertz CT molecular complexity index is 454. The number of carbonyl (C=O) groups is 2. The fourth-order valence-corrected chi connectivity index (χ4v) is 2.66. The second-order valence-corrected chi connectivity index (χ2v) is 6.76. The van der Waals surface area contributed by atoms with Crippen LogP contribution in [0.25, 0.3) is 0 Å². The van der Waals surface area contributed by atoms with Crippen LogP contribution in [0.2, 0.25) is 0 Å². The minimum atomic E-state index is -4.44. The first-order valence-corrected chi connectivity index (χ1v) is 7.29. The van der Waals surface area contributed by atoms with Crippen molar-refractivity contribution in [2.24, 2.45) is 0 Å². The summed E-state index contributed by atoms with van der Waals surface area (Å²) in [6.07, 6.45) is -5.55. The summed E-state index contributed by atoms with van der Waals surface area (Å²) in [5, 5.41) is 9.03. The lowest BCUT2D eigenvalue weighted by atomic mass is 9.84. The highest BCUT2D eigenvalue weighted by Crippen LogP contribution is 2.34. The van der Waals surface area contributed by atoms with E-state index in [1.807, 2.05) is 0 Å². The molecule has 1 rings (SSSR count). The summed E-state index contributed by atoms with van der Waals surface area (Å²) >= 11 is 0. The topological polar surface area (TPSA) is 70.1 Å². The molecule has 1 aliphatic heterocycles. The maximum absolute atomic E-state index is 12.7. The van der Waals surface area contributed by atoms with Crippen molar-refractivity contribution in [1.29, 1.82) is 0 Å². The van der Waals surface area contributed by atoms with Gasteiger partial charge in [0.2, 0.25) is 0 Å². The Labute approximate surface area is 133 Å². The molecule has 1 heterocycles. The van der Waals surface area contributed by atoms with E-state index in [9.17, 15) is 22.8 Å². The Hall–Kier alpha value is -1.51. The zero-order valence-electron chi connectivity index (χ0n) is 13.7. The number of rotatable bonds is 5. The van der Waals surface area contributed by atoms with Crippen molar-refractivity contribution in [1.82, 2.24) is 9.80 Å². The number of halogens is 3. The van der Waals surface area contributed by atoms with Gasteiger partial charge in [-0.1, -0.05) is 6.92 Å². The van der Waals surface area contributed by atoms with Gasteiger partial charge in [0.25, 0.3) is 0 Å². The van der Waals surface area contributed by atoms with Gasteiger partial charge in [0.15, 0.2) is 0 Å². The third-order valence-electron chi connectivity index (χ3n) is 3.53. The van der Waals surface area contributed by atoms with Gasteiger partial charge < -0.3 is 14.7 Å². The van der Waals surface area contributed by atoms with E-state index in [0.717, 1.165) is 4.90 Å². The molecule has 1 amide bonds. The Kier molecular flexibility index (Phi) is 5.56. The van der Waals surface area contributed by atoms with Crippen molar-refractivity contribution in [3.8, 4) is 0 Å². The average molecular weight is 340 g/mol.